The number of carbonyl (C=O) groups is 1. The molecule has 0 aliphatic carbocycles. The highest BCUT2D eigenvalue weighted by Crippen LogP contribution is 2.32. The summed E-state index contributed by atoms with van der Waals surface area (Å²) in [5, 5.41) is 0.629. The van der Waals surface area contributed by atoms with Crippen LogP contribution in [0.15, 0.2) is 42.5 Å². The minimum absolute atomic E-state index is 0.0444. The molecular weight excluding hydrogens is 389 g/mol. The van der Waals surface area contributed by atoms with Crippen molar-refractivity contribution >= 4 is 17.5 Å². The molecule has 2 aromatic rings. The molecule has 0 atom stereocenters. The highest BCUT2D eigenvalue weighted by atomic mass is 35.5. The first-order chi connectivity index (χ1) is 13.3. The van der Waals surface area contributed by atoms with Crippen LogP contribution in [0, 0.1) is 0 Å². The number of benzene rings is 2. The second-order valence-corrected chi connectivity index (χ2v) is 7.88. The van der Waals surface area contributed by atoms with Gasteiger partial charge in [-0.05, 0) is 48.2 Å². The topological polar surface area (TPSA) is 23.6 Å². The smallest absolute Gasteiger partial charge is 0.331 e. The maximum absolute atomic E-state index is 12.9. The third kappa shape index (κ3) is 3.89. The lowest BCUT2D eigenvalue weighted by Crippen LogP contribution is -2.44. The Labute approximate surface area is 166 Å². The Kier molecular flexibility index (Phi) is 5.10. The predicted octanol–water partition coefficient (Wildman–Crippen LogP) is 4.98. The first kappa shape index (κ1) is 19.3. The minimum Gasteiger partial charge on any atom is -0.331 e. The highest BCUT2D eigenvalue weighted by molar-refractivity contribution is 6.30. The number of piperidine rings is 1. The van der Waals surface area contributed by atoms with Crippen molar-refractivity contribution < 1.29 is 18.0 Å². The number of likely N-dealkylation sites (tertiary alicyclic amines) is 1. The number of halogens is 4. The van der Waals surface area contributed by atoms with Gasteiger partial charge in [-0.15, -0.1) is 0 Å². The van der Waals surface area contributed by atoms with E-state index >= 15 is 0 Å². The zero-order valence-corrected chi connectivity index (χ0v) is 15.9. The summed E-state index contributed by atoms with van der Waals surface area (Å²) in [6, 6.07) is 11.0. The van der Waals surface area contributed by atoms with E-state index in [9.17, 15) is 18.0 Å². The molecule has 148 valence electrons. The van der Waals surface area contributed by atoms with E-state index in [0.29, 0.717) is 23.7 Å². The zero-order chi connectivity index (χ0) is 19.9. The Hall–Kier alpha value is -2.05. The molecule has 1 amide bonds. The van der Waals surface area contributed by atoms with Gasteiger partial charge in [-0.3, -0.25) is 9.69 Å². The quantitative estimate of drug-likeness (QED) is 0.715. The number of rotatable bonds is 3. The van der Waals surface area contributed by atoms with Crippen molar-refractivity contribution in [1.82, 2.24) is 9.80 Å². The van der Waals surface area contributed by atoms with Crippen molar-refractivity contribution in [3.05, 3.63) is 69.7 Å². The first-order valence-corrected chi connectivity index (χ1v) is 9.67. The van der Waals surface area contributed by atoms with E-state index in [0.717, 1.165) is 43.1 Å². The van der Waals surface area contributed by atoms with Crippen LogP contribution in [0.3, 0.4) is 0 Å². The van der Waals surface area contributed by atoms with E-state index in [1.54, 1.807) is 18.2 Å². The summed E-state index contributed by atoms with van der Waals surface area (Å²) in [6.45, 7) is 2.57. The molecule has 0 N–H and O–H groups in total. The number of fused-ring (bicyclic) bond motifs is 1. The Morgan fingerprint density at radius 2 is 1.82 bits per heavy atom. The molecule has 28 heavy (non-hydrogen) atoms. The van der Waals surface area contributed by atoms with Crippen molar-refractivity contribution in [1.29, 1.82) is 0 Å². The van der Waals surface area contributed by atoms with Crippen molar-refractivity contribution in [3.8, 4) is 0 Å². The van der Waals surface area contributed by atoms with Gasteiger partial charge in [-0.2, -0.15) is 13.2 Å². The molecule has 0 radical (unpaired) electrons. The molecule has 2 heterocycles. The Morgan fingerprint density at radius 1 is 1.07 bits per heavy atom. The van der Waals surface area contributed by atoms with E-state index in [1.807, 2.05) is 11.0 Å². The van der Waals surface area contributed by atoms with Crippen LogP contribution >= 0.6 is 11.6 Å². The van der Waals surface area contributed by atoms with E-state index < -0.39 is 11.7 Å². The maximum atomic E-state index is 12.9. The highest BCUT2D eigenvalue weighted by Gasteiger charge is 2.35. The Morgan fingerprint density at radius 3 is 2.54 bits per heavy atom. The van der Waals surface area contributed by atoms with Crippen LogP contribution in [0.2, 0.25) is 5.02 Å². The van der Waals surface area contributed by atoms with Crippen molar-refractivity contribution in [2.45, 2.75) is 38.1 Å². The van der Waals surface area contributed by atoms with Crippen molar-refractivity contribution in [3.63, 3.8) is 0 Å². The summed E-state index contributed by atoms with van der Waals surface area (Å²) in [6.07, 6.45) is -2.70. The number of nitrogens with zero attached hydrogens (tertiary/aromatic N) is 2. The maximum Gasteiger partial charge on any atom is 0.416 e. The molecule has 2 aliphatic rings. The average Bonchev–Trinajstić information content (AvgIpc) is 2.98. The molecule has 1 fully saturated rings. The van der Waals surface area contributed by atoms with Crippen molar-refractivity contribution in [2.75, 3.05) is 13.1 Å². The van der Waals surface area contributed by atoms with Crippen LogP contribution in [-0.4, -0.2) is 34.8 Å². The molecule has 4 rings (SSSR count). The van der Waals surface area contributed by atoms with Crippen molar-refractivity contribution in [2.24, 2.45) is 0 Å². The van der Waals surface area contributed by atoms with Gasteiger partial charge in [-0.1, -0.05) is 29.8 Å². The number of hydrogen-bond donors (Lipinski definition) is 0. The molecule has 2 aromatic carbocycles. The average molecular weight is 409 g/mol. The lowest BCUT2D eigenvalue weighted by molar-refractivity contribution is -0.137. The fraction of sp³-hybridized carbons (Fsp3) is 0.381. The monoisotopic (exact) mass is 408 g/mol. The van der Waals surface area contributed by atoms with Gasteiger partial charge in [0.2, 0.25) is 0 Å². The van der Waals surface area contributed by atoms with Crippen LogP contribution in [0.1, 0.15) is 39.9 Å². The minimum atomic E-state index is -4.32. The molecule has 7 heteroatoms. The molecule has 1 saturated heterocycles. The van der Waals surface area contributed by atoms with Gasteiger partial charge in [-0.25, -0.2) is 0 Å². The van der Waals surface area contributed by atoms with Gasteiger partial charge >= 0.3 is 6.18 Å². The third-order valence-electron chi connectivity index (χ3n) is 5.56. The number of amides is 1. The van der Waals surface area contributed by atoms with Crippen LogP contribution in [-0.2, 0) is 19.3 Å². The standard InChI is InChI=1S/C21H20ClF3N2O/c22-17-4-5-19-15(11-17)13-27(20(19)28)18-6-8-26(9-7-18)12-14-2-1-3-16(10-14)21(23,24)25/h1-5,10-11,18H,6-9,12-13H2. The number of alkyl halides is 3. The lowest BCUT2D eigenvalue weighted by Gasteiger charge is -2.36. The summed E-state index contributed by atoms with van der Waals surface area (Å²) in [7, 11) is 0. The van der Waals surface area contributed by atoms with Gasteiger partial charge in [0.1, 0.15) is 0 Å². The van der Waals surface area contributed by atoms with E-state index in [2.05, 4.69) is 4.90 Å². The van der Waals surface area contributed by atoms with Gasteiger partial charge in [0.15, 0.2) is 0 Å². The molecule has 0 unspecified atom stereocenters. The normalized spacial score (nSPS) is 18.6. The second kappa shape index (κ2) is 7.41. The lowest BCUT2D eigenvalue weighted by atomic mass is 10.0. The molecular formula is C21H20ClF3N2O. The zero-order valence-electron chi connectivity index (χ0n) is 15.2. The van der Waals surface area contributed by atoms with Crippen LogP contribution in [0.5, 0.6) is 0 Å². The summed E-state index contributed by atoms with van der Waals surface area (Å²) >= 11 is 6.03. The van der Waals surface area contributed by atoms with Gasteiger partial charge < -0.3 is 4.90 Å². The number of carbonyl (C=O) groups excluding carboxylic acids is 1. The summed E-state index contributed by atoms with van der Waals surface area (Å²) < 4.78 is 38.7. The number of hydrogen-bond acceptors (Lipinski definition) is 2. The summed E-state index contributed by atoms with van der Waals surface area (Å²) in [5.74, 6) is 0.0444. The SMILES string of the molecule is O=C1c2ccc(Cl)cc2CN1C1CCN(Cc2cccc(C(F)(F)F)c2)CC1. The fourth-order valence-corrected chi connectivity index (χ4v) is 4.29. The van der Waals surface area contributed by atoms with Gasteiger partial charge in [0.05, 0.1) is 5.56 Å². The first-order valence-electron chi connectivity index (χ1n) is 9.29. The second-order valence-electron chi connectivity index (χ2n) is 7.44. The van der Waals surface area contributed by atoms with Crippen LogP contribution in [0.25, 0.3) is 0 Å². The Bertz CT molecular complexity index is 891. The molecule has 0 bridgehead atoms. The van der Waals surface area contributed by atoms with Gasteiger partial charge in [0.25, 0.3) is 5.91 Å². The summed E-state index contributed by atoms with van der Waals surface area (Å²) in [5.41, 5.74) is 1.73. The van der Waals surface area contributed by atoms with Crippen LogP contribution < -0.4 is 0 Å². The van der Waals surface area contributed by atoms with E-state index in [4.69, 9.17) is 11.6 Å². The summed E-state index contributed by atoms with van der Waals surface area (Å²) in [4.78, 5) is 16.7. The van der Waals surface area contributed by atoms with Crippen LogP contribution in [0.4, 0.5) is 13.2 Å². The molecule has 0 aromatic heterocycles. The Balaban J connectivity index is 1.36. The fourth-order valence-electron chi connectivity index (χ4n) is 4.10. The molecule has 3 nitrogen and oxygen atoms in total. The predicted molar refractivity (Wildman–Crippen MR) is 101 cm³/mol. The largest absolute Gasteiger partial charge is 0.416 e. The molecule has 0 saturated carbocycles. The van der Waals surface area contributed by atoms with E-state index in [-0.39, 0.29) is 11.9 Å². The van der Waals surface area contributed by atoms with Gasteiger partial charge in [0, 0.05) is 42.8 Å². The van der Waals surface area contributed by atoms with E-state index in [1.165, 1.54) is 12.1 Å². The molecule has 2 aliphatic heterocycles. The third-order valence-corrected chi connectivity index (χ3v) is 5.79. The molecule has 0 spiro atoms.